The summed E-state index contributed by atoms with van der Waals surface area (Å²) in [7, 11) is 0. The van der Waals surface area contributed by atoms with Crippen LogP contribution in [0.3, 0.4) is 0 Å². The number of hydrogen-bond acceptors (Lipinski definition) is 2. The summed E-state index contributed by atoms with van der Waals surface area (Å²) >= 11 is 0. The highest BCUT2D eigenvalue weighted by molar-refractivity contribution is 5.77. The van der Waals surface area contributed by atoms with Gasteiger partial charge in [0.15, 0.2) is 0 Å². The first kappa shape index (κ1) is 17.3. The normalized spacial score (nSPS) is 18.7. The van der Waals surface area contributed by atoms with Gasteiger partial charge in [0.25, 0.3) is 0 Å². The van der Waals surface area contributed by atoms with E-state index >= 15 is 0 Å². The smallest absolute Gasteiger partial charge is 0.222 e. The van der Waals surface area contributed by atoms with Gasteiger partial charge in [0.1, 0.15) is 5.82 Å². The molecule has 4 nitrogen and oxygen atoms in total. The van der Waals surface area contributed by atoms with Gasteiger partial charge in [-0.1, -0.05) is 49.6 Å². The fraction of sp³-hybridized carbons (Fsp3) is 0.545. The van der Waals surface area contributed by atoms with Crippen LogP contribution >= 0.6 is 0 Å². The number of hydrogen-bond donors (Lipinski definition) is 0. The molecule has 0 radical (unpaired) electrons. The molecule has 26 heavy (non-hydrogen) atoms. The Morgan fingerprint density at radius 3 is 2.58 bits per heavy atom. The maximum atomic E-state index is 12.6. The Labute approximate surface area is 156 Å². The number of carbonyl (C=O) groups is 1. The van der Waals surface area contributed by atoms with Crippen LogP contribution in [-0.4, -0.2) is 33.4 Å². The molecule has 2 fully saturated rings. The van der Waals surface area contributed by atoms with Gasteiger partial charge in [-0.15, -0.1) is 0 Å². The maximum absolute atomic E-state index is 12.6. The summed E-state index contributed by atoms with van der Waals surface area (Å²) in [5.41, 5.74) is 2.48. The van der Waals surface area contributed by atoms with Crippen molar-refractivity contribution in [3.8, 4) is 0 Å². The molecule has 1 saturated carbocycles. The summed E-state index contributed by atoms with van der Waals surface area (Å²) in [6.07, 6.45) is 9.15. The molecule has 1 amide bonds. The molecule has 4 heteroatoms. The zero-order valence-electron chi connectivity index (χ0n) is 15.7. The van der Waals surface area contributed by atoms with Gasteiger partial charge < -0.3 is 9.47 Å². The summed E-state index contributed by atoms with van der Waals surface area (Å²) < 4.78 is 2.31. The van der Waals surface area contributed by atoms with Gasteiger partial charge in [-0.25, -0.2) is 4.98 Å². The summed E-state index contributed by atoms with van der Waals surface area (Å²) in [6, 6.07) is 10.5. The van der Waals surface area contributed by atoms with E-state index in [-0.39, 0.29) is 0 Å². The molecule has 0 bridgehead atoms. The van der Waals surface area contributed by atoms with E-state index in [0.717, 1.165) is 31.9 Å². The zero-order valence-corrected chi connectivity index (χ0v) is 15.7. The molecule has 138 valence electrons. The summed E-state index contributed by atoms with van der Waals surface area (Å²) in [6.45, 7) is 4.63. The van der Waals surface area contributed by atoms with Crippen molar-refractivity contribution in [3.05, 3.63) is 53.6 Å². The van der Waals surface area contributed by atoms with Crippen LogP contribution in [0, 0.1) is 12.8 Å². The van der Waals surface area contributed by atoms with Gasteiger partial charge in [-0.2, -0.15) is 0 Å². The average Bonchev–Trinajstić information content (AvgIpc) is 2.96. The first-order chi connectivity index (χ1) is 12.7. The highest BCUT2D eigenvalue weighted by Crippen LogP contribution is 2.31. The summed E-state index contributed by atoms with van der Waals surface area (Å²) in [4.78, 5) is 19.3. The highest BCUT2D eigenvalue weighted by atomic mass is 16.2. The van der Waals surface area contributed by atoms with E-state index in [0.29, 0.717) is 17.7 Å². The molecule has 0 atom stereocenters. The van der Waals surface area contributed by atoms with Gasteiger partial charge in [-0.3, -0.25) is 4.79 Å². The monoisotopic (exact) mass is 351 g/mol. The van der Waals surface area contributed by atoms with E-state index in [4.69, 9.17) is 0 Å². The van der Waals surface area contributed by atoms with Gasteiger partial charge >= 0.3 is 0 Å². The molecular formula is C22H29N3O. The molecule has 2 aliphatic rings. The third-order valence-electron chi connectivity index (χ3n) is 6.06. The molecule has 0 spiro atoms. The quantitative estimate of drug-likeness (QED) is 0.812. The first-order valence-corrected chi connectivity index (χ1v) is 10.0. The molecule has 1 aliphatic heterocycles. The van der Waals surface area contributed by atoms with Gasteiger partial charge in [0, 0.05) is 37.9 Å². The average molecular weight is 351 g/mol. The number of nitrogens with zero attached hydrogens (tertiary/aromatic N) is 3. The van der Waals surface area contributed by atoms with Crippen LogP contribution in [0.25, 0.3) is 0 Å². The minimum absolute atomic E-state index is 0.353. The fourth-order valence-electron chi connectivity index (χ4n) is 4.39. The largest absolute Gasteiger partial charge is 0.341 e. The lowest BCUT2D eigenvalue weighted by atomic mass is 9.86. The Kier molecular flexibility index (Phi) is 5.09. The van der Waals surface area contributed by atoms with Crippen molar-refractivity contribution < 1.29 is 4.79 Å². The fourth-order valence-corrected chi connectivity index (χ4v) is 4.39. The number of rotatable bonds is 5. The lowest BCUT2D eigenvalue weighted by molar-refractivity contribution is -0.137. The lowest BCUT2D eigenvalue weighted by Crippen LogP contribution is -2.49. The van der Waals surface area contributed by atoms with E-state index in [1.807, 2.05) is 17.2 Å². The molecule has 1 saturated heterocycles. The van der Waals surface area contributed by atoms with Gasteiger partial charge in [0.2, 0.25) is 5.91 Å². The minimum atomic E-state index is 0.353. The van der Waals surface area contributed by atoms with E-state index in [1.54, 1.807) is 0 Å². The SMILES string of the molecule is Cc1cnc(C2CN(C(=O)CC3CCCCC3)C2)n1Cc1ccccc1. The number of carbonyl (C=O) groups excluding carboxylic acids is 1. The number of imidazole rings is 1. The number of aryl methyl sites for hydroxylation is 1. The van der Waals surface area contributed by atoms with Crippen LogP contribution in [0.15, 0.2) is 36.5 Å². The molecule has 2 aromatic rings. The van der Waals surface area contributed by atoms with Crippen LogP contribution in [0.4, 0.5) is 0 Å². The Hall–Kier alpha value is -2.10. The number of benzene rings is 1. The second kappa shape index (κ2) is 7.65. The molecule has 1 aromatic heterocycles. The predicted octanol–water partition coefficient (Wildman–Crippen LogP) is 4.14. The standard InChI is InChI=1S/C22H29N3O/c1-17-13-23-22(25(17)14-19-10-6-3-7-11-19)20-15-24(16-20)21(26)12-18-8-4-2-5-9-18/h3,6-7,10-11,13,18,20H,2,4-5,8-9,12,14-16H2,1H3. The molecule has 1 aliphatic carbocycles. The zero-order chi connectivity index (χ0) is 17.9. The van der Waals surface area contributed by atoms with Crippen molar-refractivity contribution in [1.29, 1.82) is 0 Å². The van der Waals surface area contributed by atoms with E-state index in [9.17, 15) is 4.79 Å². The third-order valence-corrected chi connectivity index (χ3v) is 6.06. The van der Waals surface area contributed by atoms with Crippen LogP contribution < -0.4 is 0 Å². The molecule has 4 rings (SSSR count). The van der Waals surface area contributed by atoms with Crippen molar-refractivity contribution in [1.82, 2.24) is 14.5 Å². The first-order valence-electron chi connectivity index (χ1n) is 10.0. The second-order valence-electron chi connectivity index (χ2n) is 8.03. The molecule has 1 aromatic carbocycles. The van der Waals surface area contributed by atoms with Crippen LogP contribution in [0.1, 0.15) is 61.5 Å². The van der Waals surface area contributed by atoms with Crippen LogP contribution in [0.5, 0.6) is 0 Å². The van der Waals surface area contributed by atoms with Crippen LogP contribution in [0.2, 0.25) is 0 Å². The van der Waals surface area contributed by atoms with Crippen molar-refractivity contribution in [3.63, 3.8) is 0 Å². The molecule has 0 unspecified atom stereocenters. The highest BCUT2D eigenvalue weighted by Gasteiger charge is 2.35. The predicted molar refractivity (Wildman–Crippen MR) is 103 cm³/mol. The Bertz CT molecular complexity index is 740. The Morgan fingerprint density at radius 1 is 1.12 bits per heavy atom. The van der Waals surface area contributed by atoms with Crippen molar-refractivity contribution >= 4 is 5.91 Å². The van der Waals surface area contributed by atoms with Crippen molar-refractivity contribution in [2.45, 2.75) is 57.9 Å². The van der Waals surface area contributed by atoms with Crippen LogP contribution in [-0.2, 0) is 11.3 Å². The molecular weight excluding hydrogens is 322 g/mol. The van der Waals surface area contributed by atoms with E-state index in [2.05, 4.69) is 40.7 Å². The minimum Gasteiger partial charge on any atom is -0.341 e. The molecule has 2 heterocycles. The second-order valence-corrected chi connectivity index (χ2v) is 8.03. The Morgan fingerprint density at radius 2 is 1.85 bits per heavy atom. The number of amides is 1. The van der Waals surface area contributed by atoms with Crippen molar-refractivity contribution in [2.75, 3.05) is 13.1 Å². The van der Waals surface area contributed by atoms with E-state index < -0.39 is 0 Å². The van der Waals surface area contributed by atoms with E-state index in [1.165, 1.54) is 43.4 Å². The van der Waals surface area contributed by atoms with Crippen molar-refractivity contribution in [2.24, 2.45) is 5.92 Å². The lowest BCUT2D eigenvalue weighted by Gasteiger charge is -2.40. The number of likely N-dealkylation sites (tertiary alicyclic amines) is 1. The topological polar surface area (TPSA) is 38.1 Å². The summed E-state index contributed by atoms with van der Waals surface area (Å²) in [5, 5.41) is 0. The third kappa shape index (κ3) is 3.69. The molecule has 0 N–H and O–H groups in total. The Balaban J connectivity index is 1.36. The van der Waals surface area contributed by atoms with Gasteiger partial charge in [-0.05, 0) is 31.2 Å². The summed E-state index contributed by atoms with van der Waals surface area (Å²) in [5.74, 6) is 2.49. The van der Waals surface area contributed by atoms with Gasteiger partial charge in [0.05, 0.1) is 5.92 Å². The maximum Gasteiger partial charge on any atom is 0.222 e. The number of aromatic nitrogens is 2.